The third-order valence-corrected chi connectivity index (χ3v) is 4.01. The molecule has 2 aromatic carbocycles. The molecule has 0 amide bonds. The molecule has 1 aliphatic heterocycles. The van der Waals surface area contributed by atoms with E-state index in [1.807, 2.05) is 0 Å². The lowest BCUT2D eigenvalue weighted by Crippen LogP contribution is -2.37. The number of methoxy groups -OCH3 is 2. The Bertz CT molecular complexity index is 930. The van der Waals surface area contributed by atoms with Crippen molar-refractivity contribution < 1.29 is 33.6 Å². The highest BCUT2D eigenvalue weighted by Crippen LogP contribution is 2.36. The Hall–Kier alpha value is -3.48. The number of ether oxygens (including phenoxy) is 4. The van der Waals surface area contributed by atoms with Gasteiger partial charge in [0.15, 0.2) is 5.76 Å². The summed E-state index contributed by atoms with van der Waals surface area (Å²) in [4.78, 5) is 23.4. The maximum atomic E-state index is 12.6. The van der Waals surface area contributed by atoms with Crippen LogP contribution in [-0.4, -0.2) is 32.1 Å². The minimum absolute atomic E-state index is 0.124. The van der Waals surface area contributed by atoms with Crippen LogP contribution in [0.25, 0.3) is 6.08 Å². The number of Topliss-reactive ketones (excluding diaryl/α,β-unsaturated/α-hetero) is 1. The van der Waals surface area contributed by atoms with Crippen molar-refractivity contribution in [2.75, 3.05) is 14.2 Å². The quantitative estimate of drug-likeness (QED) is 0.717. The normalized spacial score (nSPS) is 15.1. The summed E-state index contributed by atoms with van der Waals surface area (Å²) in [5, 5.41) is 10.8. The summed E-state index contributed by atoms with van der Waals surface area (Å²) in [6.07, 6.45) is 0.448. The third-order valence-electron chi connectivity index (χ3n) is 4.01. The van der Waals surface area contributed by atoms with Gasteiger partial charge in [0, 0.05) is 17.7 Å². The maximum Gasteiger partial charge on any atom is 0.231 e. The van der Waals surface area contributed by atoms with Crippen molar-refractivity contribution in [3.05, 3.63) is 53.3 Å². The van der Waals surface area contributed by atoms with Crippen LogP contribution in [0.1, 0.15) is 22.8 Å². The number of fused-ring (bicyclic) bond motifs is 1. The molecule has 0 radical (unpaired) electrons. The molecule has 0 aromatic heterocycles. The first kappa shape index (κ1) is 18.3. The van der Waals surface area contributed by atoms with Gasteiger partial charge >= 0.3 is 0 Å². The lowest BCUT2D eigenvalue weighted by molar-refractivity contribution is -0.312. The van der Waals surface area contributed by atoms with Crippen LogP contribution < -0.4 is 24.1 Å². The first-order valence-corrected chi connectivity index (χ1v) is 8.10. The Morgan fingerprint density at radius 1 is 1.11 bits per heavy atom. The van der Waals surface area contributed by atoms with Gasteiger partial charge in [0.05, 0.1) is 25.8 Å². The van der Waals surface area contributed by atoms with Crippen molar-refractivity contribution in [2.45, 2.75) is 13.0 Å². The minimum Gasteiger partial charge on any atom is -0.546 e. The molecule has 0 spiro atoms. The average Bonchev–Trinajstić information content (AvgIpc) is 2.97. The van der Waals surface area contributed by atoms with Crippen LogP contribution in [0, 0.1) is 0 Å². The second kappa shape index (κ2) is 7.41. The van der Waals surface area contributed by atoms with E-state index in [2.05, 4.69) is 0 Å². The second-order valence-electron chi connectivity index (χ2n) is 5.78. The molecule has 3 rings (SSSR count). The van der Waals surface area contributed by atoms with E-state index in [1.54, 1.807) is 31.4 Å². The van der Waals surface area contributed by atoms with Crippen molar-refractivity contribution in [2.24, 2.45) is 0 Å². The number of hydrogen-bond donors (Lipinski definition) is 0. The number of ketones is 1. The molecular formula is C20H17O7-. The average molecular weight is 369 g/mol. The lowest BCUT2D eigenvalue weighted by Gasteiger charge is -2.15. The van der Waals surface area contributed by atoms with E-state index < -0.39 is 12.1 Å². The van der Waals surface area contributed by atoms with Crippen LogP contribution in [0.2, 0.25) is 0 Å². The number of aliphatic carboxylic acids is 1. The molecule has 0 bridgehead atoms. The standard InChI is InChI=1S/C20H18O7/c1-11(20(22)23)26-14-6-7-15-17(10-14)27-18(19(15)21)8-12-4-5-13(24-2)9-16(12)25-3/h4-11H,1-3H3,(H,22,23)/p-1/t11-/m0/s1. The highest BCUT2D eigenvalue weighted by Gasteiger charge is 2.28. The molecule has 2 aromatic rings. The second-order valence-corrected chi connectivity index (χ2v) is 5.78. The van der Waals surface area contributed by atoms with Crippen LogP contribution in [0.15, 0.2) is 42.2 Å². The van der Waals surface area contributed by atoms with Crippen LogP contribution in [0.3, 0.4) is 0 Å². The fraction of sp³-hybridized carbons (Fsp3) is 0.200. The SMILES string of the molecule is COc1ccc(C=C2Oc3cc(O[C@@H](C)C(=O)[O-])ccc3C2=O)c(OC)c1. The molecule has 27 heavy (non-hydrogen) atoms. The van der Waals surface area contributed by atoms with Gasteiger partial charge in [-0.3, -0.25) is 4.79 Å². The number of carboxylic acids is 1. The van der Waals surface area contributed by atoms with Gasteiger partial charge in [0.25, 0.3) is 0 Å². The molecule has 0 aliphatic carbocycles. The van der Waals surface area contributed by atoms with E-state index in [-0.39, 0.29) is 17.3 Å². The molecule has 140 valence electrons. The van der Waals surface area contributed by atoms with E-state index >= 15 is 0 Å². The number of hydrogen-bond acceptors (Lipinski definition) is 7. The maximum absolute atomic E-state index is 12.6. The Labute approximate surface area is 155 Å². The molecule has 0 fully saturated rings. The van der Waals surface area contributed by atoms with Gasteiger partial charge in [0.2, 0.25) is 5.78 Å². The highest BCUT2D eigenvalue weighted by atomic mass is 16.5. The summed E-state index contributed by atoms with van der Waals surface area (Å²) < 4.78 is 21.4. The lowest BCUT2D eigenvalue weighted by atomic mass is 10.1. The van der Waals surface area contributed by atoms with Crippen molar-refractivity contribution in [1.82, 2.24) is 0 Å². The van der Waals surface area contributed by atoms with Gasteiger partial charge in [-0.05, 0) is 37.3 Å². The summed E-state index contributed by atoms with van der Waals surface area (Å²) in [5.74, 6) is 0.213. The van der Waals surface area contributed by atoms with Crippen molar-refractivity contribution in [3.63, 3.8) is 0 Å². The van der Waals surface area contributed by atoms with Crippen LogP contribution in [0.4, 0.5) is 0 Å². The predicted octanol–water partition coefficient (Wildman–Crippen LogP) is 1.84. The van der Waals surface area contributed by atoms with Crippen LogP contribution in [-0.2, 0) is 4.79 Å². The molecule has 7 nitrogen and oxygen atoms in total. The highest BCUT2D eigenvalue weighted by molar-refractivity contribution is 6.14. The topological polar surface area (TPSA) is 94.1 Å². The molecule has 0 N–H and O–H groups in total. The Morgan fingerprint density at radius 2 is 1.85 bits per heavy atom. The molecule has 0 unspecified atom stereocenters. The Balaban J connectivity index is 1.88. The van der Waals surface area contributed by atoms with Gasteiger partial charge in [-0.25, -0.2) is 0 Å². The number of carbonyl (C=O) groups excluding carboxylic acids is 2. The zero-order chi connectivity index (χ0) is 19.6. The van der Waals surface area contributed by atoms with Crippen molar-refractivity contribution >= 4 is 17.8 Å². The largest absolute Gasteiger partial charge is 0.546 e. The van der Waals surface area contributed by atoms with E-state index in [1.165, 1.54) is 32.2 Å². The summed E-state index contributed by atoms with van der Waals surface area (Å²) in [6.45, 7) is 1.36. The van der Waals surface area contributed by atoms with E-state index in [9.17, 15) is 14.7 Å². The smallest absolute Gasteiger partial charge is 0.231 e. The van der Waals surface area contributed by atoms with Crippen LogP contribution >= 0.6 is 0 Å². The number of carbonyl (C=O) groups is 2. The monoisotopic (exact) mass is 369 g/mol. The number of carboxylic acid groups (broad SMARTS) is 1. The molecule has 0 saturated carbocycles. The molecular weight excluding hydrogens is 352 g/mol. The van der Waals surface area contributed by atoms with Crippen LogP contribution in [0.5, 0.6) is 23.0 Å². The predicted molar refractivity (Wildman–Crippen MR) is 94.0 cm³/mol. The summed E-state index contributed by atoms with van der Waals surface area (Å²) in [7, 11) is 3.07. The fourth-order valence-electron chi connectivity index (χ4n) is 2.57. The van der Waals surface area contributed by atoms with Gasteiger partial charge in [0.1, 0.15) is 29.1 Å². The third kappa shape index (κ3) is 3.72. The Morgan fingerprint density at radius 3 is 2.52 bits per heavy atom. The molecule has 7 heteroatoms. The van der Waals surface area contributed by atoms with E-state index in [0.717, 1.165) is 0 Å². The molecule has 0 saturated heterocycles. The number of benzene rings is 2. The first-order valence-electron chi connectivity index (χ1n) is 8.10. The number of allylic oxidation sites excluding steroid dienone is 1. The number of rotatable bonds is 6. The molecule has 1 aliphatic rings. The molecule has 1 heterocycles. The fourth-order valence-corrected chi connectivity index (χ4v) is 2.57. The minimum atomic E-state index is -1.33. The van der Waals surface area contributed by atoms with Crippen molar-refractivity contribution in [3.8, 4) is 23.0 Å². The van der Waals surface area contributed by atoms with Crippen molar-refractivity contribution in [1.29, 1.82) is 0 Å². The van der Waals surface area contributed by atoms with Gasteiger partial charge in [-0.15, -0.1) is 0 Å². The van der Waals surface area contributed by atoms with E-state index in [4.69, 9.17) is 18.9 Å². The summed E-state index contributed by atoms with van der Waals surface area (Å²) in [5.41, 5.74) is 1.01. The zero-order valence-electron chi connectivity index (χ0n) is 15.0. The summed E-state index contributed by atoms with van der Waals surface area (Å²) in [6, 6.07) is 9.71. The van der Waals surface area contributed by atoms with Gasteiger partial charge in [-0.1, -0.05) is 0 Å². The van der Waals surface area contributed by atoms with E-state index in [0.29, 0.717) is 28.4 Å². The van der Waals surface area contributed by atoms with Gasteiger partial charge in [-0.2, -0.15) is 0 Å². The summed E-state index contributed by atoms with van der Waals surface area (Å²) >= 11 is 0. The van der Waals surface area contributed by atoms with Gasteiger partial charge < -0.3 is 28.8 Å². The molecule has 1 atom stereocenters. The first-order chi connectivity index (χ1) is 12.9. The zero-order valence-corrected chi connectivity index (χ0v) is 15.0. The Kier molecular flexibility index (Phi) is 5.03.